The normalized spacial score (nSPS) is 22.6. The first-order chi connectivity index (χ1) is 26.3. The van der Waals surface area contributed by atoms with Crippen LogP contribution in [0.1, 0.15) is 66.2 Å². The molecule has 17 heteroatoms. The average Bonchev–Trinajstić information content (AvgIpc) is 3.85. The number of para-hydroxylation sites is 2. The molecule has 0 unspecified atom stereocenters. The van der Waals surface area contributed by atoms with Crippen LogP contribution in [0.4, 0.5) is 32.0 Å². The van der Waals surface area contributed by atoms with Gasteiger partial charge in [0.2, 0.25) is 5.60 Å². The van der Waals surface area contributed by atoms with Gasteiger partial charge in [0.15, 0.2) is 0 Å². The zero-order chi connectivity index (χ0) is 39.4. The molecule has 300 valence electrons. The zero-order valence-corrected chi connectivity index (χ0v) is 31.3. The third-order valence-corrected chi connectivity index (χ3v) is 11.6. The van der Waals surface area contributed by atoms with Crippen LogP contribution in [-0.2, 0) is 17.1 Å². The maximum Gasteiger partial charge on any atom is 0.425 e. The number of rotatable bonds is 12. The van der Waals surface area contributed by atoms with E-state index in [4.69, 9.17) is 9.47 Å². The monoisotopic (exact) mass is 797 g/mol. The van der Waals surface area contributed by atoms with Gasteiger partial charge in [0.1, 0.15) is 23.0 Å². The number of likely N-dealkylation sites (tertiary alicyclic amines) is 2. The molecule has 55 heavy (non-hydrogen) atoms. The molecule has 10 nitrogen and oxygen atoms in total. The third-order valence-electron chi connectivity index (χ3n) is 10.7. The molecule has 2 amide bonds. The van der Waals surface area contributed by atoms with Crippen molar-refractivity contribution in [3.8, 4) is 11.5 Å². The largest absolute Gasteiger partial charge is 0.490 e. The van der Waals surface area contributed by atoms with Crippen LogP contribution in [0.25, 0.3) is 0 Å². The summed E-state index contributed by atoms with van der Waals surface area (Å²) in [5.74, 6) is -1.07. The standard InChI is InChI=1S/C38H45F6N5O5S/c1-2-7-32-36(54-27-22-33(55-25-27)38(42,43)44,12-6-15-49(32)34(51)28-23-45-13-11-29(28)37(39,40)41)35(52)48-18-16-47(17-19-48)30-9-3-4-10-31(30)53-21-20-46-14-5-8-26(46)24-50/h3-4,9-11,13,22-23,25-26,32,50H,2,5-8,12,14-21,24H2,1H3/t26-,32+,36-/m0/s1. The van der Waals surface area contributed by atoms with Crippen molar-refractivity contribution in [2.45, 2.75) is 75.5 Å². The summed E-state index contributed by atoms with van der Waals surface area (Å²) < 4.78 is 95.9. The number of thiophene rings is 1. The van der Waals surface area contributed by atoms with E-state index in [0.717, 1.165) is 48.9 Å². The molecule has 6 rings (SSSR count). The Morgan fingerprint density at radius 2 is 1.76 bits per heavy atom. The molecule has 0 saturated carbocycles. The highest BCUT2D eigenvalue weighted by Crippen LogP contribution is 2.43. The van der Waals surface area contributed by atoms with E-state index in [9.17, 15) is 41.0 Å². The van der Waals surface area contributed by atoms with Gasteiger partial charge < -0.3 is 29.3 Å². The van der Waals surface area contributed by atoms with Crippen LogP contribution in [0.2, 0.25) is 0 Å². The number of carbonyl (C=O) groups is 2. The number of benzene rings is 1. The van der Waals surface area contributed by atoms with Gasteiger partial charge in [0, 0.05) is 75.6 Å². The highest BCUT2D eigenvalue weighted by atomic mass is 32.1. The second-order valence-corrected chi connectivity index (χ2v) is 15.0. The quantitative estimate of drug-likeness (QED) is 0.205. The Hall–Kier alpha value is -4.09. The van der Waals surface area contributed by atoms with E-state index in [0.29, 0.717) is 55.8 Å². The molecule has 3 saturated heterocycles. The van der Waals surface area contributed by atoms with Crippen molar-refractivity contribution in [1.29, 1.82) is 0 Å². The maximum absolute atomic E-state index is 14.9. The Morgan fingerprint density at radius 1 is 1.00 bits per heavy atom. The Balaban J connectivity index is 1.26. The second-order valence-electron chi connectivity index (χ2n) is 14.1. The van der Waals surface area contributed by atoms with E-state index < -0.39 is 51.8 Å². The van der Waals surface area contributed by atoms with Gasteiger partial charge in [-0.25, -0.2) is 0 Å². The van der Waals surface area contributed by atoms with Gasteiger partial charge in [-0.15, -0.1) is 11.3 Å². The number of nitrogens with zero attached hydrogens (tertiary/aromatic N) is 5. The molecule has 0 bridgehead atoms. The molecule has 2 aromatic heterocycles. The minimum Gasteiger partial charge on any atom is -0.490 e. The van der Waals surface area contributed by atoms with Crippen LogP contribution in [0.3, 0.4) is 0 Å². The van der Waals surface area contributed by atoms with Crippen molar-refractivity contribution in [1.82, 2.24) is 19.7 Å². The van der Waals surface area contributed by atoms with Crippen molar-refractivity contribution >= 4 is 28.8 Å². The number of piperidine rings is 1. The highest BCUT2D eigenvalue weighted by molar-refractivity contribution is 7.10. The minimum absolute atomic E-state index is 0.00843. The van der Waals surface area contributed by atoms with E-state index in [2.05, 4.69) is 14.8 Å². The van der Waals surface area contributed by atoms with E-state index >= 15 is 0 Å². The lowest BCUT2D eigenvalue weighted by Crippen LogP contribution is -2.69. The van der Waals surface area contributed by atoms with Crippen LogP contribution < -0.4 is 14.4 Å². The molecule has 5 heterocycles. The third kappa shape index (κ3) is 8.83. The lowest BCUT2D eigenvalue weighted by atomic mass is 9.79. The van der Waals surface area contributed by atoms with Crippen molar-refractivity contribution < 1.29 is 50.5 Å². The number of carbonyl (C=O) groups excluding carboxylic acids is 2. The van der Waals surface area contributed by atoms with Crippen molar-refractivity contribution in [2.24, 2.45) is 0 Å². The first-order valence-electron chi connectivity index (χ1n) is 18.5. The Labute approximate surface area is 319 Å². The second kappa shape index (κ2) is 17.0. The summed E-state index contributed by atoms with van der Waals surface area (Å²) in [5.41, 5.74) is -2.92. The molecule has 0 radical (unpaired) electrons. The van der Waals surface area contributed by atoms with Crippen LogP contribution >= 0.6 is 11.3 Å². The number of aliphatic hydroxyl groups is 1. The molecule has 1 N–H and O–H groups in total. The number of hydrogen-bond acceptors (Lipinski definition) is 9. The number of anilines is 1. The van der Waals surface area contributed by atoms with Gasteiger partial charge >= 0.3 is 12.4 Å². The molecule has 3 aliphatic heterocycles. The summed E-state index contributed by atoms with van der Waals surface area (Å²) in [6, 6.07) is 8.10. The van der Waals surface area contributed by atoms with Gasteiger partial charge in [-0.2, -0.15) is 26.3 Å². The summed E-state index contributed by atoms with van der Waals surface area (Å²) in [7, 11) is 0. The number of aromatic nitrogens is 1. The highest BCUT2D eigenvalue weighted by Gasteiger charge is 2.56. The van der Waals surface area contributed by atoms with Crippen molar-refractivity contribution in [3.63, 3.8) is 0 Å². The number of alkyl halides is 6. The van der Waals surface area contributed by atoms with Gasteiger partial charge in [0.05, 0.1) is 29.5 Å². The predicted octanol–water partition coefficient (Wildman–Crippen LogP) is 6.59. The van der Waals surface area contributed by atoms with E-state index in [1.807, 2.05) is 24.3 Å². The number of pyridine rings is 1. The predicted molar refractivity (Wildman–Crippen MR) is 193 cm³/mol. The van der Waals surface area contributed by atoms with E-state index in [-0.39, 0.29) is 57.3 Å². The molecule has 3 atom stereocenters. The van der Waals surface area contributed by atoms with Gasteiger partial charge in [0.25, 0.3) is 11.8 Å². The molecule has 3 aliphatic rings. The molecule has 1 aromatic carbocycles. The van der Waals surface area contributed by atoms with Gasteiger partial charge in [-0.3, -0.25) is 19.5 Å². The smallest absolute Gasteiger partial charge is 0.425 e. The molecular formula is C38H45F6N5O5S. The van der Waals surface area contributed by atoms with Crippen LogP contribution in [0, 0.1) is 0 Å². The number of aliphatic hydroxyl groups excluding tert-OH is 1. The summed E-state index contributed by atoms with van der Waals surface area (Å²) >= 11 is 0.406. The van der Waals surface area contributed by atoms with E-state index in [1.54, 1.807) is 11.8 Å². The number of halogens is 6. The Morgan fingerprint density at radius 3 is 2.45 bits per heavy atom. The average molecular weight is 798 g/mol. The summed E-state index contributed by atoms with van der Waals surface area (Å²) in [5, 5.41) is 10.8. The fraction of sp³-hybridized carbons (Fsp3) is 0.553. The van der Waals surface area contributed by atoms with Crippen molar-refractivity contribution in [2.75, 3.05) is 63.9 Å². The van der Waals surface area contributed by atoms with Crippen LogP contribution in [0.5, 0.6) is 11.5 Å². The Bertz CT molecular complexity index is 1780. The number of hydrogen-bond donors (Lipinski definition) is 1. The fourth-order valence-corrected chi connectivity index (χ4v) is 8.71. The van der Waals surface area contributed by atoms with Gasteiger partial charge in [-0.1, -0.05) is 25.5 Å². The van der Waals surface area contributed by atoms with Gasteiger partial charge in [-0.05, 0) is 50.4 Å². The van der Waals surface area contributed by atoms with Crippen LogP contribution in [0.15, 0.2) is 54.2 Å². The number of ether oxygens (including phenoxy) is 2. The molecule has 0 aliphatic carbocycles. The summed E-state index contributed by atoms with van der Waals surface area (Å²) in [6.07, 6.45) is -5.06. The van der Waals surface area contributed by atoms with Crippen molar-refractivity contribution in [3.05, 3.63) is 70.2 Å². The van der Waals surface area contributed by atoms with E-state index in [1.165, 1.54) is 4.90 Å². The first kappa shape index (κ1) is 40.6. The lowest BCUT2D eigenvalue weighted by molar-refractivity contribution is -0.159. The molecule has 3 fully saturated rings. The fourth-order valence-electron chi connectivity index (χ4n) is 8.03. The number of amides is 2. The molecule has 3 aromatic rings. The summed E-state index contributed by atoms with van der Waals surface area (Å²) in [6.45, 7) is 5.04. The SMILES string of the molecule is CCC[C@H]1N(C(=O)c2cnccc2C(F)(F)F)CCC[C@@]1(Oc1csc(C(F)(F)F)c1)C(=O)N1CCN(c2ccccc2OCCN2CCC[C@H]2CO)CC1. The Kier molecular flexibility index (Phi) is 12.5. The topological polar surface area (TPSA) is 98.7 Å². The number of piperazine rings is 1. The summed E-state index contributed by atoms with van der Waals surface area (Å²) in [4.78, 5) is 38.9. The van der Waals surface area contributed by atoms with Crippen LogP contribution in [-0.4, -0.2) is 113 Å². The minimum atomic E-state index is -4.86. The molecule has 0 spiro atoms. The maximum atomic E-state index is 14.9. The molecular weight excluding hydrogens is 753 g/mol. The first-order valence-corrected chi connectivity index (χ1v) is 19.4. The zero-order valence-electron chi connectivity index (χ0n) is 30.4. The lowest BCUT2D eigenvalue weighted by Gasteiger charge is -2.50.